The molecule has 0 spiro atoms. The summed E-state index contributed by atoms with van der Waals surface area (Å²) < 4.78 is 17.1. The fourth-order valence-electron chi connectivity index (χ4n) is 4.26. The van der Waals surface area contributed by atoms with E-state index < -0.39 is 11.0 Å². The molecular weight excluding hydrogens is 356 g/mol. The van der Waals surface area contributed by atoms with Crippen LogP contribution < -0.4 is 19.5 Å². The van der Waals surface area contributed by atoms with Crippen LogP contribution >= 0.6 is 0 Å². The van der Waals surface area contributed by atoms with Crippen molar-refractivity contribution in [3.8, 4) is 28.5 Å². The number of rotatable bonds is 4. The van der Waals surface area contributed by atoms with Crippen molar-refractivity contribution in [2.75, 3.05) is 19.2 Å². The largest absolute Gasteiger partial charge is 0.481 e. The molecule has 1 atom stereocenters. The van der Waals surface area contributed by atoms with Gasteiger partial charge in [0.05, 0.1) is 23.8 Å². The first-order chi connectivity index (χ1) is 13.3. The first-order valence-corrected chi connectivity index (χ1v) is 9.24. The second-order valence-corrected chi connectivity index (χ2v) is 7.88. The van der Waals surface area contributed by atoms with Gasteiger partial charge in [0.2, 0.25) is 12.7 Å². The van der Waals surface area contributed by atoms with E-state index in [0.717, 1.165) is 22.4 Å². The van der Waals surface area contributed by atoms with Crippen LogP contribution in [-0.4, -0.2) is 30.2 Å². The molecule has 2 aliphatic heterocycles. The molecule has 1 unspecified atom stereocenters. The summed E-state index contributed by atoms with van der Waals surface area (Å²) in [7, 11) is 1.58. The Hall–Kier alpha value is -3.02. The second-order valence-electron chi connectivity index (χ2n) is 7.88. The normalized spacial score (nSPS) is 21.6. The van der Waals surface area contributed by atoms with Gasteiger partial charge >= 0.3 is 0 Å². The van der Waals surface area contributed by atoms with Crippen LogP contribution in [0.2, 0.25) is 0 Å². The number of nitrogens with zero attached hydrogens (tertiary/aromatic N) is 1. The SMILES string of the molecule is C=CCC1(C)C(=O)C(C)(C)Nc2c1cc(-c1cccnc1OC)c1c2OCO1. The van der Waals surface area contributed by atoms with Gasteiger partial charge in [-0.3, -0.25) is 4.79 Å². The first-order valence-electron chi connectivity index (χ1n) is 9.24. The minimum absolute atomic E-state index is 0.107. The Balaban J connectivity index is 2.04. The van der Waals surface area contributed by atoms with E-state index in [1.807, 2.05) is 39.0 Å². The fourth-order valence-corrected chi connectivity index (χ4v) is 4.26. The predicted molar refractivity (Wildman–Crippen MR) is 107 cm³/mol. The monoisotopic (exact) mass is 380 g/mol. The molecule has 4 rings (SSSR count). The Morgan fingerprint density at radius 2 is 2.04 bits per heavy atom. The van der Waals surface area contributed by atoms with Crippen LogP contribution in [0.15, 0.2) is 37.1 Å². The Morgan fingerprint density at radius 1 is 1.29 bits per heavy atom. The third-order valence-corrected chi connectivity index (χ3v) is 5.55. The molecule has 0 saturated carbocycles. The van der Waals surface area contributed by atoms with Gasteiger partial charge in [-0.25, -0.2) is 4.98 Å². The number of methoxy groups -OCH3 is 1. The fraction of sp³-hybridized carbons (Fsp3) is 0.364. The Bertz CT molecular complexity index is 983. The number of pyridine rings is 1. The molecule has 3 heterocycles. The van der Waals surface area contributed by atoms with Crippen LogP contribution in [0, 0.1) is 0 Å². The minimum atomic E-state index is -0.739. The number of aromatic nitrogens is 1. The highest BCUT2D eigenvalue weighted by Crippen LogP contribution is 2.55. The van der Waals surface area contributed by atoms with Crippen LogP contribution in [0.5, 0.6) is 17.4 Å². The van der Waals surface area contributed by atoms with Gasteiger partial charge in [-0.2, -0.15) is 0 Å². The van der Waals surface area contributed by atoms with Gasteiger partial charge in [-0.1, -0.05) is 6.08 Å². The van der Waals surface area contributed by atoms with Crippen LogP contribution in [0.25, 0.3) is 11.1 Å². The van der Waals surface area contributed by atoms with E-state index in [-0.39, 0.29) is 12.6 Å². The van der Waals surface area contributed by atoms with Crippen molar-refractivity contribution < 1.29 is 19.0 Å². The zero-order chi connectivity index (χ0) is 20.1. The number of hydrogen-bond donors (Lipinski definition) is 1. The van der Waals surface area contributed by atoms with Gasteiger partial charge in [0, 0.05) is 17.3 Å². The predicted octanol–water partition coefficient (Wildman–Crippen LogP) is 4.09. The van der Waals surface area contributed by atoms with E-state index in [9.17, 15) is 4.79 Å². The average molecular weight is 380 g/mol. The standard InChI is InChI=1S/C22H24N2O4/c1-6-9-22(4)15-11-14(13-8-7-10-23-19(13)26-5)17-18(28-12-27-17)16(15)24-21(2,3)20(22)25/h6-8,10-11,24H,1,9,12H2,2-5H3. The number of carbonyl (C=O) groups is 1. The maximum atomic E-state index is 13.4. The third-order valence-electron chi connectivity index (χ3n) is 5.55. The molecule has 0 aliphatic carbocycles. The summed E-state index contributed by atoms with van der Waals surface area (Å²) in [5.41, 5.74) is 1.76. The summed E-state index contributed by atoms with van der Waals surface area (Å²) in [6.45, 7) is 9.74. The number of anilines is 1. The third kappa shape index (κ3) is 2.47. The van der Waals surface area contributed by atoms with Gasteiger partial charge in [-0.05, 0) is 51.0 Å². The van der Waals surface area contributed by atoms with E-state index >= 15 is 0 Å². The summed E-state index contributed by atoms with van der Waals surface area (Å²) in [5, 5.41) is 3.37. The Morgan fingerprint density at radius 3 is 2.75 bits per heavy atom. The number of ketones is 1. The molecule has 1 aromatic heterocycles. The summed E-state index contributed by atoms with van der Waals surface area (Å²) in [5.74, 6) is 1.84. The minimum Gasteiger partial charge on any atom is -0.481 e. The lowest BCUT2D eigenvalue weighted by Gasteiger charge is -2.43. The molecular formula is C22H24N2O4. The topological polar surface area (TPSA) is 69.7 Å². The van der Waals surface area contributed by atoms with Crippen molar-refractivity contribution in [1.82, 2.24) is 4.98 Å². The quantitative estimate of drug-likeness (QED) is 0.806. The molecule has 0 radical (unpaired) electrons. The molecule has 6 heteroatoms. The molecule has 0 saturated heterocycles. The Kier molecular flexibility index (Phi) is 4.10. The highest BCUT2D eigenvalue weighted by atomic mass is 16.7. The highest BCUT2D eigenvalue weighted by molar-refractivity contribution is 6.05. The lowest BCUT2D eigenvalue weighted by molar-refractivity contribution is -0.128. The van der Waals surface area contributed by atoms with Crippen molar-refractivity contribution in [3.05, 3.63) is 42.6 Å². The molecule has 2 aliphatic rings. The van der Waals surface area contributed by atoms with Crippen LogP contribution in [-0.2, 0) is 10.2 Å². The first kappa shape index (κ1) is 18.3. The molecule has 1 aromatic carbocycles. The Labute approximate surface area is 164 Å². The molecule has 1 N–H and O–H groups in total. The molecule has 0 bridgehead atoms. The summed E-state index contributed by atoms with van der Waals surface area (Å²) in [6.07, 6.45) is 3.99. The van der Waals surface area contributed by atoms with Gasteiger partial charge in [0.25, 0.3) is 0 Å². The number of benzene rings is 1. The smallest absolute Gasteiger partial charge is 0.231 e. The van der Waals surface area contributed by atoms with Gasteiger partial charge in [0.15, 0.2) is 17.3 Å². The number of hydrogen-bond acceptors (Lipinski definition) is 6. The van der Waals surface area contributed by atoms with E-state index in [1.165, 1.54) is 0 Å². The molecule has 0 amide bonds. The molecule has 2 aromatic rings. The number of carbonyl (C=O) groups excluding carboxylic acids is 1. The molecule has 6 nitrogen and oxygen atoms in total. The molecule has 146 valence electrons. The number of allylic oxidation sites excluding steroid dienone is 1. The highest BCUT2D eigenvalue weighted by Gasteiger charge is 2.50. The van der Waals surface area contributed by atoms with Crippen molar-refractivity contribution in [3.63, 3.8) is 0 Å². The zero-order valence-corrected chi connectivity index (χ0v) is 16.6. The van der Waals surface area contributed by atoms with Crippen LogP contribution in [0.4, 0.5) is 5.69 Å². The summed E-state index contributed by atoms with van der Waals surface area (Å²) in [4.78, 5) is 17.7. The van der Waals surface area contributed by atoms with Crippen molar-refractivity contribution in [2.24, 2.45) is 0 Å². The number of fused-ring (bicyclic) bond motifs is 3. The van der Waals surface area contributed by atoms with E-state index in [0.29, 0.717) is 23.8 Å². The number of Topliss-reactive ketones (excluding diaryl/α,β-unsaturated/α-hetero) is 1. The molecule has 0 fully saturated rings. The van der Waals surface area contributed by atoms with E-state index in [2.05, 4.69) is 16.9 Å². The summed E-state index contributed by atoms with van der Waals surface area (Å²) in [6, 6.07) is 5.75. The maximum absolute atomic E-state index is 13.4. The molecule has 28 heavy (non-hydrogen) atoms. The van der Waals surface area contributed by atoms with Crippen LogP contribution in [0.3, 0.4) is 0 Å². The van der Waals surface area contributed by atoms with E-state index in [1.54, 1.807) is 19.4 Å². The van der Waals surface area contributed by atoms with E-state index in [4.69, 9.17) is 14.2 Å². The van der Waals surface area contributed by atoms with Crippen molar-refractivity contribution in [2.45, 2.75) is 38.1 Å². The van der Waals surface area contributed by atoms with Crippen molar-refractivity contribution >= 4 is 11.5 Å². The lowest BCUT2D eigenvalue weighted by Crippen LogP contribution is -2.54. The number of ether oxygens (including phenoxy) is 3. The van der Waals surface area contributed by atoms with Crippen LogP contribution in [0.1, 0.15) is 32.8 Å². The average Bonchev–Trinajstić information content (AvgIpc) is 3.16. The zero-order valence-electron chi connectivity index (χ0n) is 16.6. The van der Waals surface area contributed by atoms with Gasteiger partial charge < -0.3 is 19.5 Å². The lowest BCUT2D eigenvalue weighted by atomic mass is 9.66. The van der Waals surface area contributed by atoms with Gasteiger partial charge in [0.1, 0.15) is 0 Å². The summed E-state index contributed by atoms with van der Waals surface area (Å²) >= 11 is 0. The van der Waals surface area contributed by atoms with Gasteiger partial charge in [-0.15, -0.1) is 6.58 Å². The van der Waals surface area contributed by atoms with Crippen molar-refractivity contribution in [1.29, 1.82) is 0 Å². The second kappa shape index (κ2) is 6.26. The maximum Gasteiger partial charge on any atom is 0.231 e. The number of nitrogens with one attached hydrogen (secondary N) is 1.